The summed E-state index contributed by atoms with van der Waals surface area (Å²) in [6, 6.07) is 6.62. The molecule has 32 heavy (non-hydrogen) atoms. The van der Waals surface area contributed by atoms with Crippen molar-refractivity contribution >= 4 is 20.4 Å². The molecule has 0 spiro atoms. The first-order valence-corrected chi connectivity index (χ1v) is 13.1. The van der Waals surface area contributed by atoms with Crippen LogP contribution in [0.1, 0.15) is 24.5 Å². The molecule has 0 aromatic heterocycles. The number of hydrogen-bond donors (Lipinski definition) is 1. The Balaban J connectivity index is 2.30. The van der Waals surface area contributed by atoms with Crippen LogP contribution in [-0.2, 0) is 38.6 Å². The van der Waals surface area contributed by atoms with Gasteiger partial charge in [-0.15, -0.1) is 0 Å². The van der Waals surface area contributed by atoms with Crippen LogP contribution in [0, 0.1) is 6.92 Å². The zero-order valence-electron chi connectivity index (χ0n) is 19.9. The molecule has 2 unspecified atom stereocenters. The predicted octanol–water partition coefficient (Wildman–Crippen LogP) is 3.23. The van der Waals surface area contributed by atoms with Crippen LogP contribution < -0.4 is 0 Å². The number of rotatable bonds is 19. The average Bonchev–Trinajstić information content (AvgIpc) is 2.77. The van der Waals surface area contributed by atoms with Crippen LogP contribution >= 0.6 is 11.6 Å². The second kappa shape index (κ2) is 16.9. The van der Waals surface area contributed by atoms with Crippen LogP contribution in [0.4, 0.5) is 0 Å². The Kier molecular flexibility index (Phi) is 15.6. The van der Waals surface area contributed by atoms with E-state index in [9.17, 15) is 5.11 Å². The van der Waals surface area contributed by atoms with Gasteiger partial charge in [0.2, 0.25) is 0 Å². The minimum Gasteiger partial charge on any atom is -0.382 e. The summed E-state index contributed by atoms with van der Waals surface area (Å²) in [6.45, 7) is 6.19. The third kappa shape index (κ3) is 12.0. The van der Waals surface area contributed by atoms with Gasteiger partial charge >= 0.3 is 8.80 Å². The van der Waals surface area contributed by atoms with Gasteiger partial charge in [-0.3, -0.25) is 0 Å². The van der Waals surface area contributed by atoms with Gasteiger partial charge in [-0.2, -0.15) is 0 Å². The maximum Gasteiger partial charge on any atom is 0.500 e. The fourth-order valence-electron chi connectivity index (χ4n) is 3.00. The Morgan fingerprint density at radius 1 is 1.00 bits per heavy atom. The Hall–Kier alpha value is -0.593. The average molecular weight is 495 g/mol. The largest absolute Gasteiger partial charge is 0.500 e. The molecule has 1 aromatic carbocycles. The Morgan fingerprint density at radius 3 is 2.38 bits per heavy atom. The fourth-order valence-corrected chi connectivity index (χ4v) is 5.36. The molecular weight excluding hydrogens is 456 g/mol. The number of benzene rings is 1. The normalized spacial score (nSPS) is 14.0. The van der Waals surface area contributed by atoms with E-state index >= 15 is 0 Å². The predicted molar refractivity (Wildman–Crippen MR) is 125 cm³/mol. The summed E-state index contributed by atoms with van der Waals surface area (Å²) in [7, 11) is 2.00. The number of halogens is 1. The molecule has 0 aliphatic heterocycles. The van der Waals surface area contributed by atoms with Crippen LogP contribution in [0.5, 0.6) is 0 Å². The lowest BCUT2D eigenvalue weighted by Crippen LogP contribution is -2.46. The number of aliphatic hydroxyl groups excluding tert-OH is 1. The highest BCUT2D eigenvalue weighted by molar-refractivity contribution is 6.60. The molecule has 1 N–H and O–H groups in total. The van der Waals surface area contributed by atoms with Crippen LogP contribution in [0.3, 0.4) is 0 Å². The summed E-state index contributed by atoms with van der Waals surface area (Å²) in [4.78, 5) is 0. The number of methoxy groups -OCH3 is 1. The maximum absolute atomic E-state index is 9.80. The molecule has 10 heteroatoms. The molecule has 0 saturated heterocycles. The summed E-state index contributed by atoms with van der Waals surface area (Å²) in [5.74, 6) is 0. The highest BCUT2D eigenvalue weighted by Gasteiger charge is 2.40. The lowest BCUT2D eigenvalue weighted by atomic mass is 10.1. The molecule has 0 radical (unpaired) electrons. The van der Waals surface area contributed by atoms with Crippen molar-refractivity contribution in [3.05, 3.63) is 34.3 Å². The van der Waals surface area contributed by atoms with Gasteiger partial charge in [0.05, 0.1) is 39.1 Å². The van der Waals surface area contributed by atoms with E-state index in [2.05, 4.69) is 6.07 Å². The van der Waals surface area contributed by atoms with Gasteiger partial charge in [0.15, 0.2) is 6.29 Å². The topological polar surface area (TPSA) is 84.8 Å². The first kappa shape index (κ1) is 29.4. The highest BCUT2D eigenvalue weighted by atomic mass is 35.5. The third-order valence-corrected chi connectivity index (χ3v) is 8.14. The third-order valence-electron chi connectivity index (χ3n) is 4.76. The van der Waals surface area contributed by atoms with E-state index in [1.165, 1.54) is 0 Å². The maximum atomic E-state index is 9.80. The molecule has 0 saturated carbocycles. The van der Waals surface area contributed by atoms with Crippen molar-refractivity contribution < 1.29 is 37.3 Å². The van der Waals surface area contributed by atoms with Crippen molar-refractivity contribution in [3.8, 4) is 0 Å². The molecule has 0 aliphatic rings. The summed E-state index contributed by atoms with van der Waals surface area (Å²) in [5, 5.41) is 10.5. The second-order valence-electron chi connectivity index (χ2n) is 7.42. The number of ether oxygens (including phenoxy) is 4. The minimum absolute atomic E-state index is 0.0814. The van der Waals surface area contributed by atoms with E-state index in [1.807, 2.05) is 26.0 Å². The zero-order chi connectivity index (χ0) is 23.8. The second-order valence-corrected chi connectivity index (χ2v) is 10.7. The van der Waals surface area contributed by atoms with Crippen molar-refractivity contribution in [2.75, 3.05) is 61.0 Å². The lowest BCUT2D eigenvalue weighted by Gasteiger charge is -2.30. The van der Waals surface area contributed by atoms with Gasteiger partial charge in [-0.25, -0.2) is 0 Å². The monoisotopic (exact) mass is 494 g/mol. The number of hydrogen-bond acceptors (Lipinski definition) is 8. The van der Waals surface area contributed by atoms with Gasteiger partial charge in [0, 0.05) is 39.0 Å². The standard InChI is InChI=1S/C22H39ClO8Si/c1-18-7-8-20(16-21(18)23)15-19(2)31-32(26-4,27-5)14-6-9-29-17-22(24)30-13-12-28-11-10-25-3/h7-8,16,19,22,24H,6,9-15,17H2,1-5H3. The molecule has 0 aliphatic carbocycles. The molecule has 2 atom stereocenters. The Morgan fingerprint density at radius 2 is 1.72 bits per heavy atom. The van der Waals surface area contributed by atoms with Crippen molar-refractivity contribution in [2.24, 2.45) is 0 Å². The van der Waals surface area contributed by atoms with Crippen molar-refractivity contribution in [1.29, 1.82) is 0 Å². The van der Waals surface area contributed by atoms with E-state index in [0.29, 0.717) is 45.3 Å². The van der Waals surface area contributed by atoms with Crippen molar-refractivity contribution in [1.82, 2.24) is 0 Å². The van der Waals surface area contributed by atoms with Gasteiger partial charge in [-0.1, -0.05) is 23.7 Å². The summed E-state index contributed by atoms with van der Waals surface area (Å²) >= 11 is 6.23. The molecule has 0 heterocycles. The summed E-state index contributed by atoms with van der Waals surface area (Å²) in [5.41, 5.74) is 2.15. The molecule has 186 valence electrons. The molecule has 8 nitrogen and oxygen atoms in total. The van der Waals surface area contributed by atoms with Crippen LogP contribution in [0.25, 0.3) is 0 Å². The SMILES string of the molecule is COCCOCCOC(O)COCCC[Si](OC)(OC)OC(C)Cc1ccc(C)c(Cl)c1. The van der Waals surface area contributed by atoms with Gasteiger partial charge in [0.25, 0.3) is 0 Å². The molecule has 1 aromatic rings. The first-order chi connectivity index (χ1) is 15.4. The molecule has 0 bridgehead atoms. The van der Waals surface area contributed by atoms with Gasteiger partial charge in [-0.05, 0) is 43.9 Å². The molecule has 0 fully saturated rings. The van der Waals surface area contributed by atoms with E-state index in [0.717, 1.165) is 16.1 Å². The fraction of sp³-hybridized carbons (Fsp3) is 0.727. The molecule has 0 amide bonds. The van der Waals surface area contributed by atoms with E-state index in [-0.39, 0.29) is 19.3 Å². The van der Waals surface area contributed by atoms with Crippen molar-refractivity contribution in [3.63, 3.8) is 0 Å². The van der Waals surface area contributed by atoms with Crippen molar-refractivity contribution in [2.45, 2.75) is 45.1 Å². The van der Waals surface area contributed by atoms with E-state index < -0.39 is 15.1 Å². The minimum atomic E-state index is -2.83. The quantitative estimate of drug-likeness (QED) is 0.178. The van der Waals surface area contributed by atoms with Crippen LogP contribution in [-0.4, -0.2) is 87.3 Å². The lowest BCUT2D eigenvalue weighted by molar-refractivity contribution is -0.146. The smallest absolute Gasteiger partial charge is 0.382 e. The number of aliphatic hydroxyl groups is 1. The van der Waals surface area contributed by atoms with Gasteiger partial charge < -0.3 is 37.3 Å². The summed E-state index contributed by atoms with van der Waals surface area (Å²) in [6.07, 6.45) is 0.286. The van der Waals surface area contributed by atoms with E-state index in [1.54, 1.807) is 21.3 Å². The highest BCUT2D eigenvalue weighted by Crippen LogP contribution is 2.22. The molecular formula is C22H39ClO8Si. The molecule has 1 rings (SSSR count). The summed E-state index contributed by atoms with van der Waals surface area (Å²) < 4.78 is 38.5. The number of aryl methyl sites for hydroxylation is 1. The van der Waals surface area contributed by atoms with Crippen LogP contribution in [0.15, 0.2) is 18.2 Å². The Labute approximate surface area is 198 Å². The van der Waals surface area contributed by atoms with Gasteiger partial charge in [0.1, 0.15) is 0 Å². The first-order valence-electron chi connectivity index (χ1n) is 10.8. The zero-order valence-corrected chi connectivity index (χ0v) is 21.7. The van der Waals surface area contributed by atoms with Crippen LogP contribution in [0.2, 0.25) is 11.1 Å². The van der Waals surface area contributed by atoms with E-state index in [4.69, 9.17) is 43.8 Å². The Bertz CT molecular complexity index is 618.